The van der Waals surface area contributed by atoms with Crippen molar-refractivity contribution in [3.63, 3.8) is 0 Å². The third kappa shape index (κ3) is 3.34. The largest absolute Gasteiger partial charge is 0.348 e. The Morgan fingerprint density at radius 3 is 2.68 bits per heavy atom. The summed E-state index contributed by atoms with van der Waals surface area (Å²) in [4.78, 5) is 15.9. The van der Waals surface area contributed by atoms with Crippen LogP contribution in [0.4, 0.5) is 0 Å². The minimum atomic E-state index is -0.0443. The second kappa shape index (κ2) is 7.02. The Kier molecular flexibility index (Phi) is 4.59. The average Bonchev–Trinajstić information content (AvgIpc) is 3.28. The maximum atomic E-state index is 12.9. The van der Waals surface area contributed by atoms with E-state index in [1.807, 2.05) is 41.3 Å². The van der Waals surface area contributed by atoms with Crippen molar-refractivity contribution < 1.29 is 4.79 Å². The standard InChI is InChI=1S/C20H17BrN2OS/c21-18-10-8-16(25-18)9-11-19(24)23-14-13-22-12-4-7-17(22)20(23)15-5-2-1-3-6-15/h1-12,20H,13-14H2/b11-9+. The van der Waals surface area contributed by atoms with Crippen molar-refractivity contribution >= 4 is 39.2 Å². The van der Waals surface area contributed by atoms with Gasteiger partial charge in [-0.2, -0.15) is 0 Å². The van der Waals surface area contributed by atoms with E-state index in [0.29, 0.717) is 6.54 Å². The van der Waals surface area contributed by atoms with Gasteiger partial charge in [-0.05, 0) is 51.8 Å². The molecule has 0 aliphatic carbocycles. The number of nitrogens with zero attached hydrogens (tertiary/aromatic N) is 2. The second-order valence-corrected chi connectivity index (χ2v) is 8.44. The lowest BCUT2D eigenvalue weighted by atomic mass is 10.00. The van der Waals surface area contributed by atoms with E-state index >= 15 is 0 Å². The third-order valence-corrected chi connectivity index (χ3v) is 6.01. The summed E-state index contributed by atoms with van der Waals surface area (Å²) in [5, 5.41) is 0. The molecule has 1 aromatic carbocycles. The molecule has 3 nitrogen and oxygen atoms in total. The van der Waals surface area contributed by atoms with E-state index in [0.717, 1.165) is 26.5 Å². The van der Waals surface area contributed by atoms with Gasteiger partial charge in [-0.15, -0.1) is 11.3 Å². The summed E-state index contributed by atoms with van der Waals surface area (Å²) < 4.78 is 3.30. The number of carbonyl (C=O) groups is 1. The van der Waals surface area contributed by atoms with Crippen LogP contribution in [0.25, 0.3) is 6.08 Å². The van der Waals surface area contributed by atoms with Crippen molar-refractivity contribution in [2.45, 2.75) is 12.6 Å². The zero-order chi connectivity index (χ0) is 17.2. The van der Waals surface area contributed by atoms with Gasteiger partial charge < -0.3 is 9.47 Å². The van der Waals surface area contributed by atoms with Crippen LogP contribution in [0.5, 0.6) is 0 Å². The van der Waals surface area contributed by atoms with Gasteiger partial charge in [-0.1, -0.05) is 30.3 Å². The highest BCUT2D eigenvalue weighted by Gasteiger charge is 2.30. The highest BCUT2D eigenvalue weighted by molar-refractivity contribution is 9.11. The summed E-state index contributed by atoms with van der Waals surface area (Å²) in [6, 6.07) is 18.4. The maximum absolute atomic E-state index is 12.9. The van der Waals surface area contributed by atoms with Crippen molar-refractivity contribution in [2.24, 2.45) is 0 Å². The number of hydrogen-bond acceptors (Lipinski definition) is 2. The van der Waals surface area contributed by atoms with Crippen molar-refractivity contribution in [3.8, 4) is 0 Å². The van der Waals surface area contributed by atoms with Gasteiger partial charge in [0, 0.05) is 35.9 Å². The van der Waals surface area contributed by atoms with Crippen LogP contribution in [0.3, 0.4) is 0 Å². The van der Waals surface area contributed by atoms with Gasteiger partial charge >= 0.3 is 0 Å². The normalized spacial score (nSPS) is 17.0. The molecule has 0 saturated carbocycles. The van der Waals surface area contributed by atoms with E-state index in [1.165, 1.54) is 0 Å². The molecule has 1 unspecified atom stereocenters. The zero-order valence-corrected chi connectivity index (χ0v) is 15.9. The smallest absolute Gasteiger partial charge is 0.247 e. The van der Waals surface area contributed by atoms with Gasteiger partial charge in [-0.25, -0.2) is 0 Å². The Labute approximate surface area is 159 Å². The van der Waals surface area contributed by atoms with E-state index in [9.17, 15) is 4.79 Å². The molecule has 1 aliphatic heterocycles. The Morgan fingerprint density at radius 1 is 1.08 bits per heavy atom. The molecule has 2 aromatic heterocycles. The number of hydrogen-bond donors (Lipinski definition) is 0. The van der Waals surface area contributed by atoms with E-state index in [-0.39, 0.29) is 11.9 Å². The maximum Gasteiger partial charge on any atom is 0.247 e. The molecular formula is C20H17BrN2OS. The first-order valence-electron chi connectivity index (χ1n) is 8.16. The van der Waals surface area contributed by atoms with Gasteiger partial charge in [0.15, 0.2) is 0 Å². The van der Waals surface area contributed by atoms with Crippen LogP contribution < -0.4 is 0 Å². The summed E-state index contributed by atoms with van der Waals surface area (Å²) in [6.07, 6.45) is 5.67. The van der Waals surface area contributed by atoms with Crippen molar-refractivity contribution in [2.75, 3.05) is 6.54 Å². The minimum Gasteiger partial charge on any atom is -0.348 e. The summed E-state index contributed by atoms with van der Waals surface area (Å²) >= 11 is 5.07. The number of amides is 1. The molecule has 0 fully saturated rings. The number of fused-ring (bicyclic) bond motifs is 1. The summed E-state index contributed by atoms with van der Waals surface area (Å²) in [6.45, 7) is 1.54. The third-order valence-electron chi connectivity index (χ3n) is 4.42. The van der Waals surface area contributed by atoms with Crippen molar-refractivity contribution in [1.82, 2.24) is 9.47 Å². The molecule has 25 heavy (non-hydrogen) atoms. The van der Waals surface area contributed by atoms with Crippen LogP contribution in [0.1, 0.15) is 22.2 Å². The lowest BCUT2D eigenvalue weighted by Gasteiger charge is -2.36. The average molecular weight is 413 g/mol. The van der Waals surface area contributed by atoms with Crippen LogP contribution in [-0.4, -0.2) is 21.9 Å². The summed E-state index contributed by atoms with van der Waals surface area (Å²) in [5.74, 6) is 0.0471. The Morgan fingerprint density at radius 2 is 1.92 bits per heavy atom. The van der Waals surface area contributed by atoms with Crippen molar-refractivity contribution in [3.05, 3.63) is 86.8 Å². The number of carbonyl (C=O) groups excluding carboxylic acids is 1. The van der Waals surface area contributed by atoms with Crippen LogP contribution in [0, 0.1) is 0 Å². The van der Waals surface area contributed by atoms with Gasteiger partial charge in [0.1, 0.15) is 0 Å². The Bertz CT molecular complexity index is 913. The van der Waals surface area contributed by atoms with E-state index < -0.39 is 0 Å². The zero-order valence-electron chi connectivity index (χ0n) is 13.5. The summed E-state index contributed by atoms with van der Waals surface area (Å²) in [7, 11) is 0. The van der Waals surface area contributed by atoms with E-state index in [4.69, 9.17) is 0 Å². The number of rotatable bonds is 3. The number of thiophene rings is 1. The van der Waals surface area contributed by atoms with Gasteiger partial charge in [0.25, 0.3) is 0 Å². The first-order valence-corrected chi connectivity index (χ1v) is 9.77. The number of aromatic nitrogens is 1. The fourth-order valence-corrected chi connectivity index (χ4v) is 4.60. The molecule has 0 bridgehead atoms. The molecule has 3 aromatic rings. The topological polar surface area (TPSA) is 25.2 Å². The van der Waals surface area contributed by atoms with Gasteiger partial charge in [0.2, 0.25) is 5.91 Å². The Hall–Kier alpha value is -2.11. The van der Waals surface area contributed by atoms with E-state index in [2.05, 4.69) is 51.0 Å². The summed E-state index contributed by atoms with van der Waals surface area (Å²) in [5.41, 5.74) is 2.31. The van der Waals surface area contributed by atoms with Gasteiger partial charge in [0.05, 0.1) is 9.83 Å². The fraction of sp³-hybridized carbons (Fsp3) is 0.150. The molecule has 0 N–H and O–H groups in total. The molecule has 5 heteroatoms. The lowest BCUT2D eigenvalue weighted by Crippen LogP contribution is -2.41. The molecule has 1 amide bonds. The number of halogens is 1. The first-order chi connectivity index (χ1) is 12.2. The lowest BCUT2D eigenvalue weighted by molar-refractivity contribution is -0.128. The molecule has 0 spiro atoms. The SMILES string of the molecule is O=C(/C=C/c1ccc(Br)s1)N1CCn2cccc2C1c1ccccc1. The predicted molar refractivity (Wildman–Crippen MR) is 105 cm³/mol. The highest BCUT2D eigenvalue weighted by atomic mass is 79.9. The quantitative estimate of drug-likeness (QED) is 0.558. The monoisotopic (exact) mass is 412 g/mol. The molecule has 1 atom stereocenters. The van der Waals surface area contributed by atoms with Crippen LogP contribution in [-0.2, 0) is 11.3 Å². The second-order valence-electron chi connectivity index (χ2n) is 5.95. The molecule has 3 heterocycles. The fourth-order valence-electron chi connectivity index (χ4n) is 3.27. The molecular weight excluding hydrogens is 396 g/mol. The Balaban J connectivity index is 1.65. The molecule has 0 saturated heterocycles. The molecule has 1 aliphatic rings. The highest BCUT2D eigenvalue weighted by Crippen LogP contribution is 2.32. The molecule has 4 rings (SSSR count). The van der Waals surface area contributed by atoms with Gasteiger partial charge in [-0.3, -0.25) is 4.79 Å². The van der Waals surface area contributed by atoms with E-state index in [1.54, 1.807) is 17.4 Å². The predicted octanol–water partition coefficient (Wildman–Crippen LogP) is 4.96. The van der Waals surface area contributed by atoms with Crippen molar-refractivity contribution in [1.29, 1.82) is 0 Å². The first kappa shape index (κ1) is 16.4. The molecule has 0 radical (unpaired) electrons. The van der Waals surface area contributed by atoms with Crippen LogP contribution in [0.15, 0.2) is 70.7 Å². The minimum absolute atomic E-state index is 0.0443. The number of benzene rings is 1. The van der Waals surface area contributed by atoms with Crippen LogP contribution >= 0.6 is 27.3 Å². The molecule has 126 valence electrons. The van der Waals surface area contributed by atoms with Crippen LogP contribution in [0.2, 0.25) is 0 Å².